The topological polar surface area (TPSA) is 128 Å². The van der Waals surface area contributed by atoms with Gasteiger partial charge in [0.25, 0.3) is 11.6 Å². The molecule has 0 bridgehead atoms. The van der Waals surface area contributed by atoms with Crippen LogP contribution in [-0.4, -0.2) is 40.7 Å². The van der Waals surface area contributed by atoms with Gasteiger partial charge in [-0.3, -0.25) is 25.0 Å². The van der Waals surface area contributed by atoms with Gasteiger partial charge < -0.3 is 10.1 Å². The molecule has 0 aliphatic rings. The van der Waals surface area contributed by atoms with Gasteiger partial charge in [-0.15, -0.1) is 11.8 Å². The van der Waals surface area contributed by atoms with E-state index >= 15 is 0 Å². The fourth-order valence-electron chi connectivity index (χ4n) is 1.61. The van der Waals surface area contributed by atoms with E-state index in [0.717, 1.165) is 11.8 Å². The number of rotatable bonds is 7. The number of carbonyl (C=O) groups is 3. The van der Waals surface area contributed by atoms with Crippen LogP contribution in [0.25, 0.3) is 0 Å². The predicted molar refractivity (Wildman–Crippen MR) is 91.2 cm³/mol. The van der Waals surface area contributed by atoms with E-state index in [-0.39, 0.29) is 11.7 Å². The van der Waals surface area contributed by atoms with Crippen molar-refractivity contribution >= 4 is 35.4 Å². The number of nitrogens with one attached hydrogen (secondary N) is 2. The van der Waals surface area contributed by atoms with Gasteiger partial charge in [0.15, 0.2) is 6.61 Å². The lowest BCUT2D eigenvalue weighted by Crippen LogP contribution is -2.44. The molecule has 0 spiro atoms. The number of hydrogen-bond donors (Lipinski definition) is 2. The standard InChI is InChI=1S/C15H19N3O6S/c1-9(2)16-15(21)17-13(19)8-24-14(20)10(3)25-12-6-4-11(5-7-12)18(22)23/h4-7,9-10H,8H2,1-3H3,(H2,16,17,19,21)/t10-/m0/s1. The summed E-state index contributed by atoms with van der Waals surface area (Å²) in [7, 11) is 0. The number of carbonyl (C=O) groups excluding carboxylic acids is 3. The Morgan fingerprint density at radius 3 is 2.32 bits per heavy atom. The normalized spacial score (nSPS) is 11.5. The van der Waals surface area contributed by atoms with Crippen molar-refractivity contribution in [3.8, 4) is 0 Å². The van der Waals surface area contributed by atoms with Crippen LogP contribution in [0.3, 0.4) is 0 Å². The Labute approximate surface area is 148 Å². The smallest absolute Gasteiger partial charge is 0.321 e. The van der Waals surface area contributed by atoms with Gasteiger partial charge in [0, 0.05) is 23.1 Å². The number of nitro groups is 1. The molecule has 0 saturated carbocycles. The molecule has 0 radical (unpaired) electrons. The second kappa shape index (κ2) is 9.62. The number of urea groups is 1. The van der Waals surface area contributed by atoms with Crippen molar-refractivity contribution in [3.05, 3.63) is 34.4 Å². The molecule has 1 aromatic rings. The van der Waals surface area contributed by atoms with Crippen molar-refractivity contribution in [2.45, 2.75) is 37.0 Å². The minimum absolute atomic E-state index is 0.0454. The van der Waals surface area contributed by atoms with E-state index in [1.807, 2.05) is 5.32 Å². The first kappa shape index (κ1) is 20.4. The maximum absolute atomic E-state index is 11.9. The lowest BCUT2D eigenvalue weighted by molar-refractivity contribution is -0.384. The number of thioether (sulfide) groups is 1. The molecule has 0 aromatic heterocycles. The van der Waals surface area contributed by atoms with E-state index in [9.17, 15) is 24.5 Å². The van der Waals surface area contributed by atoms with E-state index in [1.54, 1.807) is 20.8 Å². The number of non-ortho nitro benzene ring substituents is 1. The molecular formula is C15H19N3O6S. The first-order valence-corrected chi connectivity index (χ1v) is 8.25. The summed E-state index contributed by atoms with van der Waals surface area (Å²) in [4.78, 5) is 45.4. The first-order valence-electron chi connectivity index (χ1n) is 7.37. The molecule has 1 aromatic carbocycles. The van der Waals surface area contributed by atoms with E-state index in [1.165, 1.54) is 24.3 Å². The Kier molecular flexibility index (Phi) is 7.86. The molecule has 0 aliphatic heterocycles. The van der Waals surface area contributed by atoms with Gasteiger partial charge >= 0.3 is 12.0 Å². The molecule has 0 aliphatic carbocycles. The van der Waals surface area contributed by atoms with Crippen molar-refractivity contribution in [1.29, 1.82) is 0 Å². The average Bonchev–Trinajstić information content (AvgIpc) is 2.52. The Hall–Kier alpha value is -2.62. The van der Waals surface area contributed by atoms with E-state index in [0.29, 0.717) is 4.90 Å². The lowest BCUT2D eigenvalue weighted by atomic mass is 10.3. The maximum Gasteiger partial charge on any atom is 0.321 e. The Balaban J connectivity index is 2.42. The summed E-state index contributed by atoms with van der Waals surface area (Å²) in [5, 5.41) is 14.5. The Morgan fingerprint density at radius 1 is 1.20 bits per heavy atom. The summed E-state index contributed by atoms with van der Waals surface area (Å²) in [6.45, 7) is 4.48. The number of benzene rings is 1. The monoisotopic (exact) mass is 369 g/mol. The molecule has 1 rings (SSSR count). The number of ether oxygens (including phenoxy) is 1. The summed E-state index contributed by atoms with van der Waals surface area (Å²) < 4.78 is 4.85. The van der Waals surface area contributed by atoms with Crippen LogP contribution in [0.5, 0.6) is 0 Å². The molecule has 10 heteroatoms. The number of nitro benzene ring substituents is 1. The zero-order valence-corrected chi connectivity index (χ0v) is 14.8. The van der Waals surface area contributed by atoms with Crippen LogP contribution >= 0.6 is 11.8 Å². The first-order chi connectivity index (χ1) is 11.7. The van der Waals surface area contributed by atoms with Crippen LogP contribution in [-0.2, 0) is 14.3 Å². The second-order valence-corrected chi connectivity index (χ2v) is 6.71. The highest BCUT2D eigenvalue weighted by atomic mass is 32.2. The highest BCUT2D eigenvalue weighted by Gasteiger charge is 2.18. The van der Waals surface area contributed by atoms with Crippen molar-refractivity contribution < 1.29 is 24.0 Å². The third-order valence-electron chi connectivity index (χ3n) is 2.71. The fraction of sp³-hybridized carbons (Fsp3) is 0.400. The molecule has 25 heavy (non-hydrogen) atoms. The van der Waals surface area contributed by atoms with Crippen molar-refractivity contribution in [3.63, 3.8) is 0 Å². The zero-order valence-electron chi connectivity index (χ0n) is 14.0. The summed E-state index contributed by atoms with van der Waals surface area (Å²) in [6.07, 6.45) is 0. The molecule has 0 saturated heterocycles. The van der Waals surface area contributed by atoms with Gasteiger partial charge in [0.2, 0.25) is 0 Å². The lowest BCUT2D eigenvalue weighted by Gasteiger charge is -2.12. The minimum Gasteiger partial charge on any atom is -0.455 e. The van der Waals surface area contributed by atoms with E-state index < -0.39 is 34.7 Å². The molecule has 2 N–H and O–H groups in total. The molecule has 0 fully saturated rings. The average molecular weight is 369 g/mol. The molecule has 136 valence electrons. The minimum atomic E-state index is -0.737. The predicted octanol–water partition coefficient (Wildman–Crippen LogP) is 1.85. The number of esters is 1. The summed E-state index contributed by atoms with van der Waals surface area (Å²) in [5.74, 6) is -1.37. The van der Waals surface area contributed by atoms with Gasteiger partial charge in [0.1, 0.15) is 5.25 Å². The summed E-state index contributed by atoms with van der Waals surface area (Å²) in [5.41, 5.74) is -0.0454. The number of nitrogens with zero attached hydrogens (tertiary/aromatic N) is 1. The number of amides is 3. The summed E-state index contributed by atoms with van der Waals surface area (Å²) in [6, 6.07) is 4.92. The van der Waals surface area contributed by atoms with Crippen LogP contribution in [0.4, 0.5) is 10.5 Å². The van der Waals surface area contributed by atoms with E-state index in [4.69, 9.17) is 4.74 Å². The summed E-state index contributed by atoms with van der Waals surface area (Å²) >= 11 is 1.14. The number of hydrogen-bond acceptors (Lipinski definition) is 7. The van der Waals surface area contributed by atoms with Crippen LogP contribution in [0.1, 0.15) is 20.8 Å². The number of imide groups is 1. The highest BCUT2D eigenvalue weighted by molar-refractivity contribution is 8.00. The highest BCUT2D eigenvalue weighted by Crippen LogP contribution is 2.25. The zero-order chi connectivity index (χ0) is 19.0. The van der Waals surface area contributed by atoms with Crippen LogP contribution in [0, 0.1) is 10.1 Å². The van der Waals surface area contributed by atoms with Crippen molar-refractivity contribution in [2.75, 3.05) is 6.61 Å². The molecule has 1 atom stereocenters. The molecule has 0 heterocycles. The Bertz CT molecular complexity index is 647. The third kappa shape index (κ3) is 7.66. The molecule has 0 unspecified atom stereocenters. The van der Waals surface area contributed by atoms with E-state index in [2.05, 4.69) is 5.32 Å². The Morgan fingerprint density at radius 2 is 1.80 bits per heavy atom. The quantitative estimate of drug-likeness (QED) is 0.325. The van der Waals surface area contributed by atoms with Gasteiger partial charge in [-0.1, -0.05) is 0 Å². The fourth-order valence-corrected chi connectivity index (χ4v) is 2.48. The van der Waals surface area contributed by atoms with Crippen LogP contribution in [0.15, 0.2) is 29.2 Å². The molecule has 3 amide bonds. The van der Waals surface area contributed by atoms with Gasteiger partial charge in [0.05, 0.1) is 4.92 Å². The largest absolute Gasteiger partial charge is 0.455 e. The van der Waals surface area contributed by atoms with Gasteiger partial charge in [-0.25, -0.2) is 4.79 Å². The van der Waals surface area contributed by atoms with Crippen LogP contribution in [0.2, 0.25) is 0 Å². The van der Waals surface area contributed by atoms with Gasteiger partial charge in [-0.05, 0) is 32.9 Å². The second-order valence-electron chi connectivity index (χ2n) is 5.30. The third-order valence-corrected chi connectivity index (χ3v) is 3.80. The molecular weight excluding hydrogens is 350 g/mol. The maximum atomic E-state index is 11.9. The van der Waals surface area contributed by atoms with Gasteiger partial charge in [-0.2, -0.15) is 0 Å². The SMILES string of the molecule is CC(C)NC(=O)NC(=O)COC(=O)[C@H](C)Sc1ccc([N+](=O)[O-])cc1. The van der Waals surface area contributed by atoms with Crippen LogP contribution < -0.4 is 10.6 Å². The van der Waals surface area contributed by atoms with Crippen molar-refractivity contribution in [1.82, 2.24) is 10.6 Å². The van der Waals surface area contributed by atoms with Crippen molar-refractivity contribution in [2.24, 2.45) is 0 Å². The molecule has 9 nitrogen and oxygen atoms in total.